The zero-order valence-electron chi connectivity index (χ0n) is 19.0. The molecule has 2 heterocycles. The number of carbonyl (C=O) groups is 2. The number of fused-ring (bicyclic) bond motifs is 1. The number of hydrogen-bond acceptors (Lipinski definition) is 4. The average Bonchev–Trinajstić information content (AvgIpc) is 3.22. The lowest BCUT2D eigenvalue weighted by Gasteiger charge is -2.11. The van der Waals surface area contributed by atoms with Crippen molar-refractivity contribution in [3.8, 4) is 11.5 Å². The molecule has 0 unspecified atom stereocenters. The predicted octanol–water partition coefficient (Wildman–Crippen LogP) is 7.16. The third-order valence-corrected chi connectivity index (χ3v) is 5.17. The Morgan fingerprint density at radius 3 is 2.54 bits per heavy atom. The van der Waals surface area contributed by atoms with Crippen molar-refractivity contribution >= 4 is 28.4 Å². The maximum atomic E-state index is 12.9. The van der Waals surface area contributed by atoms with Gasteiger partial charge in [0, 0.05) is 36.0 Å². The fourth-order valence-corrected chi connectivity index (χ4v) is 3.56. The van der Waals surface area contributed by atoms with E-state index in [-0.39, 0.29) is 17.4 Å². The van der Waals surface area contributed by atoms with Gasteiger partial charge in [-0.3, -0.25) is 14.3 Å². The zero-order chi connectivity index (χ0) is 25.2. The highest BCUT2D eigenvalue weighted by atomic mass is 19.4. The van der Waals surface area contributed by atoms with Crippen molar-refractivity contribution in [2.75, 3.05) is 5.32 Å². The third-order valence-electron chi connectivity index (χ3n) is 5.17. The van der Waals surface area contributed by atoms with Crippen molar-refractivity contribution in [2.24, 2.45) is 5.92 Å². The molecule has 0 saturated heterocycles. The van der Waals surface area contributed by atoms with Gasteiger partial charge in [-0.15, -0.1) is 0 Å². The summed E-state index contributed by atoms with van der Waals surface area (Å²) >= 11 is 0. The van der Waals surface area contributed by atoms with E-state index in [4.69, 9.17) is 4.74 Å². The minimum Gasteiger partial charge on any atom is -0.457 e. The highest BCUT2D eigenvalue weighted by Gasteiger charge is 2.30. The largest absolute Gasteiger partial charge is 0.457 e. The van der Waals surface area contributed by atoms with Crippen LogP contribution in [0.25, 0.3) is 10.9 Å². The van der Waals surface area contributed by atoms with Crippen molar-refractivity contribution in [2.45, 2.75) is 26.4 Å². The van der Waals surface area contributed by atoms with E-state index in [0.29, 0.717) is 34.5 Å². The maximum Gasteiger partial charge on any atom is 0.416 e. The lowest BCUT2D eigenvalue weighted by atomic mass is 10.0. The summed E-state index contributed by atoms with van der Waals surface area (Å²) in [7, 11) is 0. The normalized spacial score (nSPS) is 11.6. The first kappa shape index (κ1) is 24.0. The second-order valence-corrected chi connectivity index (χ2v) is 8.42. The number of carbonyl (C=O) groups excluding carboxylic acids is 2. The Balaban J connectivity index is 1.51. The Morgan fingerprint density at radius 1 is 1.03 bits per heavy atom. The highest BCUT2D eigenvalue weighted by Crippen LogP contribution is 2.31. The predicted molar refractivity (Wildman–Crippen MR) is 126 cm³/mol. The molecule has 0 aliphatic rings. The Hall–Kier alpha value is -4.14. The van der Waals surface area contributed by atoms with E-state index in [1.807, 2.05) is 13.8 Å². The molecule has 0 saturated carbocycles. The summed E-state index contributed by atoms with van der Waals surface area (Å²) in [4.78, 5) is 29.1. The van der Waals surface area contributed by atoms with Crippen LogP contribution in [0.2, 0.25) is 0 Å². The van der Waals surface area contributed by atoms with Crippen LogP contribution in [0.4, 0.5) is 23.7 Å². The van der Waals surface area contributed by atoms with Gasteiger partial charge < -0.3 is 10.1 Å². The lowest BCUT2D eigenvalue weighted by Crippen LogP contribution is -2.18. The number of anilines is 1. The Kier molecular flexibility index (Phi) is 6.59. The second-order valence-electron chi connectivity index (χ2n) is 8.42. The van der Waals surface area contributed by atoms with Gasteiger partial charge >= 0.3 is 12.2 Å². The molecule has 0 radical (unpaired) electrons. The number of nitrogens with zero attached hydrogens (tertiary/aromatic N) is 2. The van der Waals surface area contributed by atoms with E-state index in [1.54, 1.807) is 36.4 Å². The number of rotatable bonds is 6. The number of alkyl halides is 3. The first-order chi connectivity index (χ1) is 16.6. The van der Waals surface area contributed by atoms with Gasteiger partial charge in [0.05, 0.1) is 11.1 Å². The number of halogens is 3. The summed E-state index contributed by atoms with van der Waals surface area (Å²) in [5.74, 6) is 1.09. The van der Waals surface area contributed by atoms with Crippen molar-refractivity contribution in [1.82, 2.24) is 9.55 Å². The Bertz CT molecular complexity index is 1390. The van der Waals surface area contributed by atoms with Gasteiger partial charge in [0.15, 0.2) is 5.78 Å². The van der Waals surface area contributed by atoms with Gasteiger partial charge in [-0.1, -0.05) is 19.9 Å². The molecule has 0 spiro atoms. The van der Waals surface area contributed by atoms with E-state index in [9.17, 15) is 22.8 Å². The molecule has 6 nitrogen and oxygen atoms in total. The first-order valence-electron chi connectivity index (χ1n) is 10.9. The molecule has 0 aliphatic heterocycles. The number of benzene rings is 2. The van der Waals surface area contributed by atoms with Gasteiger partial charge in [0.2, 0.25) is 0 Å². The number of pyridine rings is 1. The SMILES string of the molecule is CC(C)CC(=O)c1cc(Oc2ccc3c(ccn3C(=O)Nc3cccc(C(F)(F)F)c3)c2)ccn1. The maximum absolute atomic E-state index is 12.9. The number of hydrogen-bond donors (Lipinski definition) is 1. The summed E-state index contributed by atoms with van der Waals surface area (Å²) in [6.07, 6.45) is -1.09. The van der Waals surface area contributed by atoms with Gasteiger partial charge in [-0.05, 0) is 54.4 Å². The zero-order valence-corrected chi connectivity index (χ0v) is 19.0. The number of nitrogens with one attached hydrogen (secondary N) is 1. The fourth-order valence-electron chi connectivity index (χ4n) is 3.56. The van der Waals surface area contributed by atoms with Gasteiger partial charge in [-0.25, -0.2) is 4.79 Å². The van der Waals surface area contributed by atoms with E-state index in [2.05, 4.69) is 10.3 Å². The van der Waals surface area contributed by atoms with Crippen molar-refractivity contribution in [3.63, 3.8) is 0 Å². The molecule has 9 heteroatoms. The van der Waals surface area contributed by atoms with Crippen LogP contribution in [0.3, 0.4) is 0 Å². The molecular formula is C26H22F3N3O3. The summed E-state index contributed by atoms with van der Waals surface area (Å²) in [5.41, 5.74) is 0.0609. The van der Waals surface area contributed by atoms with Crippen molar-refractivity contribution in [1.29, 1.82) is 0 Å². The van der Waals surface area contributed by atoms with Gasteiger partial charge in [-0.2, -0.15) is 13.2 Å². The van der Waals surface area contributed by atoms with Crippen LogP contribution in [0.15, 0.2) is 73.1 Å². The minimum absolute atomic E-state index is 0.0344. The van der Waals surface area contributed by atoms with E-state index < -0.39 is 17.8 Å². The average molecular weight is 481 g/mol. The van der Waals surface area contributed by atoms with E-state index in [0.717, 1.165) is 12.1 Å². The molecule has 35 heavy (non-hydrogen) atoms. The standard InChI is InChI=1S/C26H22F3N3O3/c1-16(2)12-24(33)22-15-21(8-10-30-22)35-20-6-7-23-17(13-20)9-11-32(23)25(34)31-19-5-3-4-18(14-19)26(27,28)29/h3-11,13-16H,12H2,1-2H3,(H,31,34). The van der Waals surface area contributed by atoms with Crippen LogP contribution >= 0.6 is 0 Å². The molecule has 4 aromatic rings. The molecule has 2 aromatic carbocycles. The molecule has 0 atom stereocenters. The Morgan fingerprint density at radius 2 is 1.80 bits per heavy atom. The summed E-state index contributed by atoms with van der Waals surface area (Å²) in [6, 6.07) is 13.8. The smallest absolute Gasteiger partial charge is 0.416 e. The van der Waals surface area contributed by atoms with Crippen LogP contribution in [-0.4, -0.2) is 21.4 Å². The van der Waals surface area contributed by atoms with Crippen molar-refractivity contribution in [3.05, 3.63) is 84.3 Å². The molecule has 1 N–H and O–H groups in total. The molecule has 180 valence electrons. The molecule has 0 aliphatic carbocycles. The fraction of sp³-hybridized carbons (Fsp3) is 0.192. The molecule has 2 aromatic heterocycles. The lowest BCUT2D eigenvalue weighted by molar-refractivity contribution is -0.137. The van der Waals surface area contributed by atoms with Crippen molar-refractivity contribution < 1.29 is 27.5 Å². The number of aromatic nitrogens is 2. The molecule has 0 fully saturated rings. The van der Waals surface area contributed by atoms with Crippen LogP contribution < -0.4 is 10.1 Å². The number of Topliss-reactive ketones (excluding diaryl/α,β-unsaturated/α-hetero) is 1. The number of ether oxygens (including phenoxy) is 1. The molecule has 1 amide bonds. The first-order valence-corrected chi connectivity index (χ1v) is 10.9. The van der Waals surface area contributed by atoms with Crippen LogP contribution in [0.5, 0.6) is 11.5 Å². The van der Waals surface area contributed by atoms with E-state index in [1.165, 1.54) is 29.1 Å². The second kappa shape index (κ2) is 9.61. The quantitative estimate of drug-likeness (QED) is 0.297. The van der Waals surface area contributed by atoms with Crippen LogP contribution in [0.1, 0.15) is 36.3 Å². The topological polar surface area (TPSA) is 73.2 Å². The number of ketones is 1. The Labute approximate surface area is 199 Å². The molecule has 4 rings (SSSR count). The monoisotopic (exact) mass is 481 g/mol. The highest BCUT2D eigenvalue weighted by molar-refractivity contribution is 5.99. The van der Waals surface area contributed by atoms with Crippen LogP contribution in [-0.2, 0) is 6.18 Å². The third kappa shape index (κ3) is 5.68. The number of amides is 1. The molecular weight excluding hydrogens is 459 g/mol. The summed E-state index contributed by atoms with van der Waals surface area (Å²) < 4.78 is 46.0. The van der Waals surface area contributed by atoms with Crippen LogP contribution in [0, 0.1) is 5.92 Å². The minimum atomic E-state index is -4.51. The van der Waals surface area contributed by atoms with E-state index >= 15 is 0 Å². The summed E-state index contributed by atoms with van der Waals surface area (Å²) in [5, 5.41) is 3.17. The molecule has 0 bridgehead atoms. The van der Waals surface area contributed by atoms with Gasteiger partial charge in [0.25, 0.3) is 0 Å². The van der Waals surface area contributed by atoms with Gasteiger partial charge in [0.1, 0.15) is 17.2 Å². The summed E-state index contributed by atoms with van der Waals surface area (Å²) in [6.45, 7) is 3.92.